The molecule has 0 unspecified atom stereocenters. The zero-order valence-electron chi connectivity index (χ0n) is 15.2. The highest BCUT2D eigenvalue weighted by atomic mass is 16.5. The van der Waals surface area contributed by atoms with Crippen LogP contribution in [0, 0.1) is 0 Å². The molecule has 0 aromatic heterocycles. The highest BCUT2D eigenvalue weighted by molar-refractivity contribution is 6.11. The Morgan fingerprint density at radius 1 is 0.923 bits per heavy atom. The van der Waals surface area contributed by atoms with Gasteiger partial charge in [0.25, 0.3) is 0 Å². The van der Waals surface area contributed by atoms with Gasteiger partial charge in [0.1, 0.15) is 11.5 Å². The third-order valence-electron chi connectivity index (χ3n) is 4.77. The summed E-state index contributed by atoms with van der Waals surface area (Å²) >= 11 is 0. The van der Waals surface area contributed by atoms with Gasteiger partial charge < -0.3 is 9.84 Å². The van der Waals surface area contributed by atoms with E-state index in [2.05, 4.69) is 13.8 Å². The molecule has 3 heteroatoms. The van der Waals surface area contributed by atoms with Gasteiger partial charge in [0.2, 0.25) is 0 Å². The number of carbonyl (C=O) groups is 1. The number of benzene rings is 3. The lowest BCUT2D eigenvalue weighted by Crippen LogP contribution is -2.20. The Kier molecular flexibility index (Phi) is 4.81. The van der Waals surface area contributed by atoms with Crippen LogP contribution in [-0.2, 0) is 5.41 Å². The van der Waals surface area contributed by atoms with Crippen molar-refractivity contribution < 1.29 is 14.6 Å². The van der Waals surface area contributed by atoms with Crippen molar-refractivity contribution in [3.8, 4) is 11.5 Å². The van der Waals surface area contributed by atoms with E-state index < -0.39 is 5.41 Å². The smallest absolute Gasteiger partial charge is 0.196 e. The van der Waals surface area contributed by atoms with E-state index in [1.54, 1.807) is 25.3 Å². The van der Waals surface area contributed by atoms with Gasteiger partial charge in [0, 0.05) is 22.6 Å². The Morgan fingerprint density at radius 2 is 1.50 bits per heavy atom. The van der Waals surface area contributed by atoms with Crippen molar-refractivity contribution in [2.75, 3.05) is 7.11 Å². The van der Waals surface area contributed by atoms with E-state index in [-0.39, 0.29) is 17.1 Å². The number of phenolic OH excluding ortho intramolecular Hbond substituents is 1. The summed E-state index contributed by atoms with van der Waals surface area (Å²) in [4.78, 5) is 12.9. The zero-order valence-corrected chi connectivity index (χ0v) is 15.2. The van der Waals surface area contributed by atoms with Crippen molar-refractivity contribution in [3.63, 3.8) is 0 Å². The Hall–Kier alpha value is -3.07. The lowest BCUT2D eigenvalue weighted by molar-refractivity contribution is 0.103. The van der Waals surface area contributed by atoms with Crippen LogP contribution in [0.4, 0.5) is 0 Å². The Morgan fingerprint density at radius 3 is 2.08 bits per heavy atom. The van der Waals surface area contributed by atoms with Crippen molar-refractivity contribution >= 4 is 5.78 Å². The molecule has 0 aliphatic heterocycles. The number of ether oxygens (including phenoxy) is 1. The zero-order chi connectivity index (χ0) is 18.7. The molecule has 0 fully saturated rings. The third kappa shape index (κ3) is 3.21. The Labute approximate surface area is 153 Å². The van der Waals surface area contributed by atoms with E-state index in [4.69, 9.17) is 4.74 Å². The topological polar surface area (TPSA) is 46.5 Å². The van der Waals surface area contributed by atoms with E-state index in [1.165, 1.54) is 6.07 Å². The number of carbonyl (C=O) groups excluding carboxylic acids is 1. The van der Waals surface area contributed by atoms with Gasteiger partial charge >= 0.3 is 0 Å². The summed E-state index contributed by atoms with van der Waals surface area (Å²) in [6.45, 7) is 4.15. The summed E-state index contributed by atoms with van der Waals surface area (Å²) in [6.07, 6.45) is 0. The third-order valence-corrected chi connectivity index (χ3v) is 4.77. The maximum absolute atomic E-state index is 12.9. The van der Waals surface area contributed by atoms with Crippen LogP contribution in [0.5, 0.6) is 11.5 Å². The average molecular weight is 346 g/mol. The van der Waals surface area contributed by atoms with E-state index in [0.717, 1.165) is 11.1 Å². The van der Waals surface area contributed by atoms with Crippen molar-refractivity contribution in [3.05, 3.63) is 95.1 Å². The molecule has 0 radical (unpaired) electrons. The van der Waals surface area contributed by atoms with Crippen LogP contribution < -0.4 is 4.74 Å². The number of phenols is 1. The molecular weight excluding hydrogens is 324 g/mol. The molecule has 0 bridgehead atoms. The molecule has 0 aliphatic carbocycles. The first-order valence-electron chi connectivity index (χ1n) is 8.52. The number of aromatic hydroxyl groups is 1. The molecule has 3 aromatic rings. The fourth-order valence-electron chi connectivity index (χ4n) is 3.16. The lowest BCUT2D eigenvalue weighted by atomic mass is 9.76. The second-order valence-corrected chi connectivity index (χ2v) is 6.76. The van der Waals surface area contributed by atoms with E-state index >= 15 is 0 Å². The summed E-state index contributed by atoms with van der Waals surface area (Å²) in [6, 6.07) is 22.3. The molecule has 0 amide bonds. The van der Waals surface area contributed by atoms with Gasteiger partial charge in [-0.1, -0.05) is 74.5 Å². The summed E-state index contributed by atoms with van der Waals surface area (Å²) in [5.74, 6) is 0.264. The molecule has 132 valence electrons. The first kappa shape index (κ1) is 17.7. The molecule has 0 spiro atoms. The largest absolute Gasteiger partial charge is 0.507 e. The van der Waals surface area contributed by atoms with Gasteiger partial charge in [-0.3, -0.25) is 4.79 Å². The average Bonchev–Trinajstić information content (AvgIpc) is 2.68. The lowest BCUT2D eigenvalue weighted by Gasteiger charge is -2.28. The van der Waals surface area contributed by atoms with Gasteiger partial charge in [-0.2, -0.15) is 0 Å². The highest BCUT2D eigenvalue weighted by Crippen LogP contribution is 2.40. The molecule has 0 atom stereocenters. The van der Waals surface area contributed by atoms with E-state index in [1.807, 2.05) is 48.5 Å². The molecule has 3 nitrogen and oxygen atoms in total. The van der Waals surface area contributed by atoms with Crippen LogP contribution in [-0.4, -0.2) is 18.0 Å². The van der Waals surface area contributed by atoms with Gasteiger partial charge in [-0.15, -0.1) is 0 Å². The molecule has 0 aliphatic rings. The number of hydrogen-bond acceptors (Lipinski definition) is 3. The molecule has 0 saturated heterocycles. The van der Waals surface area contributed by atoms with Gasteiger partial charge in [-0.05, 0) is 11.6 Å². The summed E-state index contributed by atoms with van der Waals surface area (Å²) < 4.78 is 5.50. The minimum Gasteiger partial charge on any atom is -0.507 e. The number of rotatable bonds is 5. The van der Waals surface area contributed by atoms with Crippen LogP contribution >= 0.6 is 0 Å². The van der Waals surface area contributed by atoms with Crippen molar-refractivity contribution in [1.82, 2.24) is 0 Å². The monoisotopic (exact) mass is 346 g/mol. The van der Waals surface area contributed by atoms with Crippen molar-refractivity contribution in [2.45, 2.75) is 19.3 Å². The maximum atomic E-state index is 12.9. The molecule has 3 aromatic carbocycles. The van der Waals surface area contributed by atoms with Crippen molar-refractivity contribution in [2.24, 2.45) is 0 Å². The molecule has 0 saturated carbocycles. The predicted octanol–water partition coefficient (Wildman–Crippen LogP) is 4.96. The fraction of sp³-hybridized carbons (Fsp3) is 0.174. The summed E-state index contributed by atoms with van der Waals surface area (Å²) in [5.41, 5.74) is 2.37. The summed E-state index contributed by atoms with van der Waals surface area (Å²) in [5, 5.41) is 10.4. The first-order chi connectivity index (χ1) is 12.4. The molecule has 1 N–H and O–H groups in total. The normalized spacial score (nSPS) is 11.2. The predicted molar refractivity (Wildman–Crippen MR) is 103 cm³/mol. The molecule has 26 heavy (non-hydrogen) atoms. The second-order valence-electron chi connectivity index (χ2n) is 6.76. The Balaban J connectivity index is 2.15. The summed E-state index contributed by atoms with van der Waals surface area (Å²) in [7, 11) is 1.57. The second kappa shape index (κ2) is 7.04. The van der Waals surface area contributed by atoms with E-state index in [9.17, 15) is 9.90 Å². The maximum Gasteiger partial charge on any atom is 0.196 e. The van der Waals surface area contributed by atoms with Crippen molar-refractivity contribution in [1.29, 1.82) is 0 Å². The van der Waals surface area contributed by atoms with Crippen LogP contribution in [0.2, 0.25) is 0 Å². The van der Waals surface area contributed by atoms with Crippen LogP contribution in [0.15, 0.2) is 72.8 Å². The Bertz CT molecular complexity index is 913. The van der Waals surface area contributed by atoms with E-state index in [0.29, 0.717) is 11.3 Å². The molecule has 0 heterocycles. The minimum absolute atomic E-state index is 0.0803. The molecule has 3 rings (SSSR count). The quantitative estimate of drug-likeness (QED) is 0.664. The number of methoxy groups -OCH3 is 1. The van der Waals surface area contributed by atoms with Gasteiger partial charge in [0.15, 0.2) is 5.78 Å². The highest BCUT2D eigenvalue weighted by Gasteiger charge is 2.29. The van der Waals surface area contributed by atoms with Crippen LogP contribution in [0.1, 0.15) is 40.9 Å². The first-order valence-corrected chi connectivity index (χ1v) is 8.52. The van der Waals surface area contributed by atoms with Gasteiger partial charge in [-0.25, -0.2) is 0 Å². The number of hydrogen-bond donors (Lipinski definition) is 1. The van der Waals surface area contributed by atoms with Crippen LogP contribution in [0.25, 0.3) is 0 Å². The fourth-order valence-corrected chi connectivity index (χ4v) is 3.16. The minimum atomic E-state index is -0.397. The SMILES string of the molecule is COc1cc(O)c(C(=O)c2ccccc2)cc1C(C)(C)c1ccccc1. The number of ketones is 1. The standard InChI is InChI=1S/C23H22O3/c1-23(2,17-12-8-5-9-13-17)19-14-18(20(24)15-21(19)26-3)22(25)16-10-6-4-7-11-16/h4-15,24H,1-3H3. The van der Waals surface area contributed by atoms with Crippen LogP contribution in [0.3, 0.4) is 0 Å². The van der Waals surface area contributed by atoms with Gasteiger partial charge in [0.05, 0.1) is 12.7 Å². The molecular formula is C23H22O3.